The van der Waals surface area contributed by atoms with Crippen molar-refractivity contribution in [1.29, 1.82) is 0 Å². The molecule has 5 nitrogen and oxygen atoms in total. The molecule has 2 aliphatic rings. The van der Waals surface area contributed by atoms with Crippen molar-refractivity contribution in [3.05, 3.63) is 24.2 Å². The maximum absolute atomic E-state index is 12.2. The Morgan fingerprint density at radius 3 is 2.82 bits per heavy atom. The highest BCUT2D eigenvalue weighted by Gasteiger charge is 2.42. The highest BCUT2D eigenvalue weighted by atomic mass is 16.3. The van der Waals surface area contributed by atoms with E-state index in [0.29, 0.717) is 5.92 Å². The van der Waals surface area contributed by atoms with Gasteiger partial charge in [0, 0.05) is 13.1 Å². The number of carbonyl (C=O) groups is 2. The molecule has 1 N–H and O–H groups in total. The van der Waals surface area contributed by atoms with E-state index in [0.717, 1.165) is 11.8 Å². The molecule has 4 unspecified atom stereocenters. The predicted molar refractivity (Wildman–Crippen MR) is 82.2 cm³/mol. The molecule has 4 atom stereocenters. The minimum atomic E-state index is -0.271. The summed E-state index contributed by atoms with van der Waals surface area (Å²) >= 11 is 0. The molecule has 120 valence electrons. The Bertz CT molecular complexity index is 540. The number of nitrogens with zero attached hydrogens (tertiary/aromatic N) is 1. The number of likely N-dealkylation sites (N-methyl/N-ethyl adjacent to an activating group) is 1. The van der Waals surface area contributed by atoms with E-state index in [-0.39, 0.29) is 30.2 Å². The smallest absolute Gasteiger partial charge is 0.289 e. The molecule has 2 saturated carbocycles. The summed E-state index contributed by atoms with van der Waals surface area (Å²) < 4.78 is 5.07. The van der Waals surface area contributed by atoms with E-state index in [2.05, 4.69) is 12.2 Å². The zero-order valence-corrected chi connectivity index (χ0v) is 13.2. The lowest BCUT2D eigenvalue weighted by Crippen LogP contribution is -2.45. The predicted octanol–water partition coefficient (Wildman–Crippen LogP) is 2.29. The van der Waals surface area contributed by atoms with Crippen molar-refractivity contribution in [2.45, 2.75) is 38.6 Å². The number of fused-ring (bicyclic) bond motifs is 2. The Morgan fingerprint density at radius 1 is 1.41 bits per heavy atom. The third-order valence-electron chi connectivity index (χ3n) is 5.28. The zero-order chi connectivity index (χ0) is 15.7. The Labute approximate surface area is 131 Å². The van der Waals surface area contributed by atoms with Crippen LogP contribution >= 0.6 is 0 Å². The van der Waals surface area contributed by atoms with E-state index < -0.39 is 0 Å². The zero-order valence-electron chi connectivity index (χ0n) is 13.2. The molecule has 0 aromatic carbocycles. The van der Waals surface area contributed by atoms with Crippen LogP contribution in [0.1, 0.15) is 43.2 Å². The second-order valence-corrected chi connectivity index (χ2v) is 6.83. The van der Waals surface area contributed by atoms with Crippen LogP contribution in [0, 0.1) is 17.8 Å². The summed E-state index contributed by atoms with van der Waals surface area (Å²) in [5, 5.41) is 3.07. The van der Waals surface area contributed by atoms with E-state index >= 15 is 0 Å². The molecule has 0 radical (unpaired) electrons. The van der Waals surface area contributed by atoms with Crippen molar-refractivity contribution < 1.29 is 14.0 Å². The van der Waals surface area contributed by atoms with Crippen LogP contribution in [-0.2, 0) is 4.79 Å². The van der Waals surface area contributed by atoms with Gasteiger partial charge < -0.3 is 14.6 Å². The summed E-state index contributed by atoms with van der Waals surface area (Å²) in [4.78, 5) is 25.6. The lowest BCUT2D eigenvalue weighted by atomic mass is 9.84. The minimum absolute atomic E-state index is 0.0602. The molecule has 1 aromatic heterocycles. The van der Waals surface area contributed by atoms with Crippen molar-refractivity contribution in [3.63, 3.8) is 0 Å². The maximum Gasteiger partial charge on any atom is 0.289 e. The Balaban J connectivity index is 1.48. The van der Waals surface area contributed by atoms with Crippen LogP contribution in [0.15, 0.2) is 22.8 Å². The van der Waals surface area contributed by atoms with Gasteiger partial charge in [0.05, 0.1) is 12.8 Å². The van der Waals surface area contributed by atoms with Crippen molar-refractivity contribution in [1.82, 2.24) is 10.2 Å². The van der Waals surface area contributed by atoms with Gasteiger partial charge in [-0.25, -0.2) is 0 Å². The van der Waals surface area contributed by atoms with Crippen LogP contribution in [0.4, 0.5) is 0 Å². The van der Waals surface area contributed by atoms with E-state index in [4.69, 9.17) is 4.42 Å². The summed E-state index contributed by atoms with van der Waals surface area (Å²) in [6.07, 6.45) is 6.71. The van der Waals surface area contributed by atoms with E-state index in [1.807, 2.05) is 0 Å². The molecule has 2 aliphatic carbocycles. The average molecular weight is 304 g/mol. The number of nitrogens with one attached hydrogen (secondary N) is 1. The molecule has 0 saturated heterocycles. The highest BCUT2D eigenvalue weighted by molar-refractivity contribution is 5.94. The maximum atomic E-state index is 12.2. The first-order chi connectivity index (χ1) is 10.5. The minimum Gasteiger partial charge on any atom is -0.459 e. The Kier molecular flexibility index (Phi) is 4.23. The number of carbonyl (C=O) groups excluding carboxylic acids is 2. The van der Waals surface area contributed by atoms with Gasteiger partial charge in [-0.2, -0.15) is 0 Å². The van der Waals surface area contributed by atoms with Gasteiger partial charge in [-0.3, -0.25) is 9.59 Å². The molecule has 2 bridgehead atoms. The summed E-state index contributed by atoms with van der Waals surface area (Å²) in [6.45, 7) is 2.16. The first-order valence-corrected chi connectivity index (χ1v) is 8.13. The van der Waals surface area contributed by atoms with Crippen LogP contribution < -0.4 is 5.32 Å². The monoisotopic (exact) mass is 304 g/mol. The standard InChI is InChI=1S/C17H24N2O3/c1-11(14-9-12-5-6-13(14)8-12)18-16(20)10-19(2)17(21)15-4-3-7-22-15/h3-4,7,11-14H,5-6,8-10H2,1-2H3,(H,18,20). The molecular weight excluding hydrogens is 280 g/mol. The third-order valence-corrected chi connectivity index (χ3v) is 5.28. The molecular formula is C17H24N2O3. The second-order valence-electron chi connectivity index (χ2n) is 6.83. The normalized spacial score (nSPS) is 27.6. The first kappa shape index (κ1) is 15.1. The SMILES string of the molecule is CC(NC(=O)CN(C)C(=O)c1ccco1)C1CC2CCC1C2. The van der Waals surface area contributed by atoms with Crippen molar-refractivity contribution in [3.8, 4) is 0 Å². The van der Waals surface area contributed by atoms with Gasteiger partial charge in [0.25, 0.3) is 5.91 Å². The fourth-order valence-electron chi connectivity index (χ4n) is 4.19. The van der Waals surface area contributed by atoms with E-state index in [9.17, 15) is 9.59 Å². The van der Waals surface area contributed by atoms with Crippen molar-refractivity contribution >= 4 is 11.8 Å². The van der Waals surface area contributed by atoms with Gasteiger partial charge in [0.1, 0.15) is 0 Å². The van der Waals surface area contributed by atoms with Crippen LogP contribution in [0.5, 0.6) is 0 Å². The quantitative estimate of drug-likeness (QED) is 0.908. The number of rotatable bonds is 5. The number of hydrogen-bond acceptors (Lipinski definition) is 3. The topological polar surface area (TPSA) is 62.6 Å². The van der Waals surface area contributed by atoms with Gasteiger partial charge in [0.2, 0.25) is 5.91 Å². The summed E-state index contributed by atoms with van der Waals surface area (Å²) in [5.74, 6) is 2.15. The van der Waals surface area contributed by atoms with E-state index in [1.165, 1.54) is 36.8 Å². The Hall–Kier alpha value is -1.78. The van der Waals surface area contributed by atoms with Crippen LogP contribution in [0.2, 0.25) is 0 Å². The van der Waals surface area contributed by atoms with Gasteiger partial charge >= 0.3 is 0 Å². The molecule has 22 heavy (non-hydrogen) atoms. The largest absolute Gasteiger partial charge is 0.459 e. The number of furan rings is 1. The van der Waals surface area contributed by atoms with Gasteiger partial charge in [-0.1, -0.05) is 6.42 Å². The van der Waals surface area contributed by atoms with Gasteiger partial charge in [-0.15, -0.1) is 0 Å². The average Bonchev–Trinajstić information content (AvgIpc) is 3.22. The lowest BCUT2D eigenvalue weighted by molar-refractivity contribution is -0.122. The molecule has 2 amide bonds. The second kappa shape index (κ2) is 6.15. The van der Waals surface area contributed by atoms with Crippen molar-refractivity contribution in [2.75, 3.05) is 13.6 Å². The molecule has 0 aliphatic heterocycles. The molecule has 0 spiro atoms. The van der Waals surface area contributed by atoms with Crippen LogP contribution in [0.3, 0.4) is 0 Å². The third kappa shape index (κ3) is 3.03. The molecule has 1 heterocycles. The summed E-state index contributed by atoms with van der Waals surface area (Å²) in [6, 6.07) is 3.46. The fourth-order valence-corrected chi connectivity index (χ4v) is 4.19. The fraction of sp³-hybridized carbons (Fsp3) is 0.647. The lowest BCUT2D eigenvalue weighted by Gasteiger charge is -2.29. The van der Waals surface area contributed by atoms with Crippen LogP contribution in [-0.4, -0.2) is 36.3 Å². The van der Waals surface area contributed by atoms with Crippen LogP contribution in [0.25, 0.3) is 0 Å². The van der Waals surface area contributed by atoms with E-state index in [1.54, 1.807) is 19.2 Å². The molecule has 5 heteroatoms. The first-order valence-electron chi connectivity index (χ1n) is 8.13. The molecule has 3 rings (SSSR count). The summed E-state index contributed by atoms with van der Waals surface area (Å²) in [5.41, 5.74) is 0. The van der Waals surface area contributed by atoms with Gasteiger partial charge in [0.15, 0.2) is 5.76 Å². The van der Waals surface area contributed by atoms with Crippen molar-refractivity contribution in [2.24, 2.45) is 17.8 Å². The Morgan fingerprint density at radius 2 is 2.23 bits per heavy atom. The van der Waals surface area contributed by atoms with Gasteiger partial charge in [-0.05, 0) is 56.1 Å². The molecule has 1 aromatic rings. The molecule has 2 fully saturated rings. The number of hydrogen-bond donors (Lipinski definition) is 1. The highest BCUT2D eigenvalue weighted by Crippen LogP contribution is 2.49. The summed E-state index contributed by atoms with van der Waals surface area (Å²) in [7, 11) is 1.62. The number of amides is 2.